The zero-order valence-corrected chi connectivity index (χ0v) is 14.2. The molecule has 3 rings (SSSR count). The van der Waals surface area contributed by atoms with Crippen molar-refractivity contribution in [1.29, 1.82) is 0 Å². The van der Waals surface area contributed by atoms with Crippen LogP contribution >= 0.6 is 0 Å². The Labute approximate surface area is 149 Å². The topological polar surface area (TPSA) is 20.2 Å². The van der Waals surface area contributed by atoms with Crippen LogP contribution in [0, 0.1) is 43.1 Å². The summed E-state index contributed by atoms with van der Waals surface area (Å²) in [6.45, 7) is 3.64. The van der Waals surface area contributed by atoms with Gasteiger partial charge in [-0.1, -0.05) is 24.0 Å². The smallest absolute Gasteiger partial charge is 0.159 e. The van der Waals surface area contributed by atoms with Crippen LogP contribution < -0.4 is 0 Å². The quantitative estimate of drug-likeness (QED) is 0.574. The number of rotatable bonds is 1. The first-order valence-electron chi connectivity index (χ1n) is 7.92. The molecule has 0 radical (unpaired) electrons. The fraction of sp³-hybridized carbons (Fsp3) is 0.0909. The molecule has 3 aromatic rings. The van der Waals surface area contributed by atoms with Gasteiger partial charge in [-0.3, -0.25) is 0 Å². The van der Waals surface area contributed by atoms with Gasteiger partial charge in [-0.2, -0.15) is 0 Å². The molecule has 0 saturated carbocycles. The van der Waals surface area contributed by atoms with Gasteiger partial charge in [0.05, 0.1) is 5.56 Å². The number of halogens is 3. The highest BCUT2D eigenvalue weighted by Crippen LogP contribution is 2.24. The highest BCUT2D eigenvalue weighted by atomic mass is 19.2. The first-order chi connectivity index (χ1) is 12.3. The van der Waals surface area contributed by atoms with E-state index in [0.29, 0.717) is 11.1 Å². The van der Waals surface area contributed by atoms with Gasteiger partial charge < -0.3 is 5.11 Å². The number of aromatic hydroxyl groups is 1. The third kappa shape index (κ3) is 3.57. The van der Waals surface area contributed by atoms with Crippen LogP contribution in [0.2, 0.25) is 0 Å². The van der Waals surface area contributed by atoms with Gasteiger partial charge >= 0.3 is 0 Å². The van der Waals surface area contributed by atoms with Crippen LogP contribution in [0.15, 0.2) is 48.5 Å². The Kier molecular flexibility index (Phi) is 4.73. The monoisotopic (exact) mass is 352 g/mol. The van der Waals surface area contributed by atoms with E-state index in [4.69, 9.17) is 0 Å². The van der Waals surface area contributed by atoms with Crippen molar-refractivity contribution in [2.24, 2.45) is 0 Å². The standard InChI is InChI=1S/C22H15F3O/c1-13-9-18(26)10-14(2)19(13)7-5-15-3-4-16(11-21(15)24)17-6-8-20(23)22(25)12-17/h3-4,6,8-12,26H,1-2H3. The van der Waals surface area contributed by atoms with E-state index in [0.717, 1.165) is 28.8 Å². The molecule has 0 bridgehead atoms. The van der Waals surface area contributed by atoms with Crippen LogP contribution in [0.5, 0.6) is 5.75 Å². The molecular formula is C22H15F3O. The maximum Gasteiger partial charge on any atom is 0.159 e. The zero-order valence-electron chi connectivity index (χ0n) is 14.2. The zero-order chi connectivity index (χ0) is 18.8. The largest absolute Gasteiger partial charge is 0.508 e. The molecule has 0 aliphatic rings. The molecule has 3 aromatic carbocycles. The lowest BCUT2D eigenvalue weighted by atomic mass is 10.0. The molecule has 130 valence electrons. The Balaban J connectivity index is 1.96. The highest BCUT2D eigenvalue weighted by molar-refractivity contribution is 5.65. The van der Waals surface area contributed by atoms with Gasteiger partial charge in [0.25, 0.3) is 0 Å². The second-order valence-electron chi connectivity index (χ2n) is 6.03. The maximum absolute atomic E-state index is 14.4. The molecule has 0 aliphatic carbocycles. The van der Waals surface area contributed by atoms with Gasteiger partial charge in [0, 0.05) is 5.56 Å². The molecular weight excluding hydrogens is 337 g/mol. The third-order valence-electron chi connectivity index (χ3n) is 4.06. The van der Waals surface area contributed by atoms with E-state index in [1.54, 1.807) is 18.2 Å². The second kappa shape index (κ2) is 6.97. The van der Waals surface area contributed by atoms with Crippen molar-refractivity contribution in [3.05, 3.63) is 88.2 Å². The summed E-state index contributed by atoms with van der Waals surface area (Å²) in [5.41, 5.74) is 3.34. The Morgan fingerprint density at radius 3 is 1.85 bits per heavy atom. The van der Waals surface area contributed by atoms with Gasteiger partial charge in [0.1, 0.15) is 11.6 Å². The first-order valence-corrected chi connectivity index (χ1v) is 7.92. The summed E-state index contributed by atoms with van der Waals surface area (Å²) in [7, 11) is 0. The van der Waals surface area contributed by atoms with Crippen molar-refractivity contribution in [1.82, 2.24) is 0 Å². The van der Waals surface area contributed by atoms with Crippen molar-refractivity contribution in [2.75, 3.05) is 0 Å². The van der Waals surface area contributed by atoms with E-state index < -0.39 is 17.5 Å². The van der Waals surface area contributed by atoms with Gasteiger partial charge in [0.2, 0.25) is 0 Å². The maximum atomic E-state index is 14.4. The lowest BCUT2D eigenvalue weighted by molar-refractivity contribution is 0.474. The van der Waals surface area contributed by atoms with Crippen molar-refractivity contribution >= 4 is 0 Å². The van der Waals surface area contributed by atoms with Crippen LogP contribution in [-0.4, -0.2) is 5.11 Å². The van der Waals surface area contributed by atoms with E-state index in [9.17, 15) is 18.3 Å². The predicted molar refractivity (Wildman–Crippen MR) is 95.3 cm³/mol. The molecule has 0 saturated heterocycles. The summed E-state index contributed by atoms with van der Waals surface area (Å²) >= 11 is 0. The molecule has 0 spiro atoms. The van der Waals surface area contributed by atoms with Crippen molar-refractivity contribution in [3.8, 4) is 28.7 Å². The van der Waals surface area contributed by atoms with Crippen LogP contribution in [0.1, 0.15) is 22.3 Å². The SMILES string of the molecule is Cc1cc(O)cc(C)c1C#Cc1ccc(-c2ccc(F)c(F)c2)cc1F. The minimum absolute atomic E-state index is 0.160. The third-order valence-corrected chi connectivity index (χ3v) is 4.06. The molecule has 0 aliphatic heterocycles. The molecule has 4 heteroatoms. The van der Waals surface area contributed by atoms with Gasteiger partial charge in [0.15, 0.2) is 11.6 Å². The average Bonchev–Trinajstić information content (AvgIpc) is 2.57. The van der Waals surface area contributed by atoms with Gasteiger partial charge in [-0.15, -0.1) is 0 Å². The number of hydrogen-bond donors (Lipinski definition) is 1. The van der Waals surface area contributed by atoms with Crippen LogP contribution in [-0.2, 0) is 0 Å². The van der Waals surface area contributed by atoms with E-state index in [-0.39, 0.29) is 11.3 Å². The summed E-state index contributed by atoms with van der Waals surface area (Å²) in [4.78, 5) is 0. The Morgan fingerprint density at radius 2 is 1.27 bits per heavy atom. The number of benzene rings is 3. The Bertz CT molecular complexity index is 1040. The number of aryl methyl sites for hydroxylation is 2. The van der Waals surface area contributed by atoms with E-state index in [2.05, 4.69) is 11.8 Å². The fourth-order valence-electron chi connectivity index (χ4n) is 2.74. The number of phenolic OH excluding ortho intramolecular Hbond substituents is 1. The second-order valence-corrected chi connectivity index (χ2v) is 6.03. The summed E-state index contributed by atoms with van der Waals surface area (Å²) in [5.74, 6) is 3.40. The minimum Gasteiger partial charge on any atom is -0.508 e. The predicted octanol–water partition coefficient (Wildman–Crippen LogP) is 5.49. The van der Waals surface area contributed by atoms with Crippen molar-refractivity contribution in [2.45, 2.75) is 13.8 Å². The van der Waals surface area contributed by atoms with E-state index >= 15 is 0 Å². The molecule has 0 aromatic heterocycles. The first kappa shape index (κ1) is 17.6. The molecule has 1 nitrogen and oxygen atoms in total. The average molecular weight is 352 g/mol. The van der Waals surface area contributed by atoms with Crippen molar-refractivity contribution in [3.63, 3.8) is 0 Å². The van der Waals surface area contributed by atoms with E-state index in [1.807, 2.05) is 13.8 Å². The van der Waals surface area contributed by atoms with Crippen LogP contribution in [0.4, 0.5) is 13.2 Å². The highest BCUT2D eigenvalue weighted by Gasteiger charge is 2.08. The van der Waals surface area contributed by atoms with E-state index in [1.165, 1.54) is 18.2 Å². The van der Waals surface area contributed by atoms with Crippen molar-refractivity contribution < 1.29 is 18.3 Å². The fourth-order valence-corrected chi connectivity index (χ4v) is 2.74. The molecule has 1 N–H and O–H groups in total. The molecule has 0 fully saturated rings. The molecule has 0 atom stereocenters. The summed E-state index contributed by atoms with van der Waals surface area (Å²) in [5, 5.41) is 9.56. The lowest BCUT2D eigenvalue weighted by Gasteiger charge is -2.05. The van der Waals surface area contributed by atoms with Crippen LogP contribution in [0.3, 0.4) is 0 Å². The molecule has 26 heavy (non-hydrogen) atoms. The molecule has 0 unspecified atom stereocenters. The lowest BCUT2D eigenvalue weighted by Crippen LogP contribution is -1.90. The summed E-state index contributed by atoms with van der Waals surface area (Å²) in [6, 6.07) is 11.0. The van der Waals surface area contributed by atoms with Gasteiger partial charge in [-0.05, 0) is 72.5 Å². The minimum atomic E-state index is -0.981. The Hall–Kier alpha value is -3.19. The van der Waals surface area contributed by atoms with Crippen LogP contribution in [0.25, 0.3) is 11.1 Å². The Morgan fingerprint density at radius 1 is 0.692 bits per heavy atom. The summed E-state index contributed by atoms with van der Waals surface area (Å²) in [6.07, 6.45) is 0. The molecule has 0 heterocycles. The number of hydrogen-bond acceptors (Lipinski definition) is 1. The molecule has 0 amide bonds. The number of phenols is 1. The summed E-state index contributed by atoms with van der Waals surface area (Å²) < 4.78 is 40.7. The normalized spacial score (nSPS) is 10.3. The van der Waals surface area contributed by atoms with Gasteiger partial charge in [-0.25, -0.2) is 13.2 Å².